The number of phosphoric acid groups is 1. The fourth-order valence-corrected chi connectivity index (χ4v) is 6.59. The highest BCUT2D eigenvalue weighted by atomic mass is 31.2. The van der Waals surface area contributed by atoms with E-state index in [-0.39, 0.29) is 19.4 Å². The molecule has 0 heterocycles. The molecule has 8 nitrogen and oxygen atoms in total. The van der Waals surface area contributed by atoms with Crippen molar-refractivity contribution in [1.82, 2.24) is 0 Å². The zero-order chi connectivity index (χ0) is 41.1. The Labute approximate surface area is 343 Å². The van der Waals surface area contributed by atoms with Gasteiger partial charge < -0.3 is 19.3 Å². The Morgan fingerprint density at radius 3 is 1.27 bits per heavy atom. The minimum absolute atomic E-state index is 0.188. The molecule has 0 aliphatic carbocycles. The van der Waals surface area contributed by atoms with Gasteiger partial charge in [0, 0.05) is 12.8 Å². The van der Waals surface area contributed by atoms with Crippen molar-refractivity contribution < 1.29 is 37.9 Å². The number of hydrogen-bond acceptors (Lipinski definition) is 6. The Kier molecular flexibility index (Phi) is 40.7. The van der Waals surface area contributed by atoms with Gasteiger partial charge in [-0.3, -0.25) is 14.1 Å². The summed E-state index contributed by atoms with van der Waals surface area (Å²) in [7, 11) is -4.77. The first-order valence-corrected chi connectivity index (χ1v) is 24.1. The number of esters is 2. The highest BCUT2D eigenvalue weighted by Gasteiger charge is 2.22. The van der Waals surface area contributed by atoms with E-state index in [4.69, 9.17) is 19.3 Å². The number of carbonyl (C=O) groups is 2. The van der Waals surface area contributed by atoms with Crippen LogP contribution in [-0.2, 0) is 28.2 Å². The van der Waals surface area contributed by atoms with Gasteiger partial charge in [0.1, 0.15) is 6.61 Å². The van der Waals surface area contributed by atoms with Gasteiger partial charge in [-0.2, -0.15) is 0 Å². The van der Waals surface area contributed by atoms with E-state index in [1.54, 1.807) is 0 Å². The highest BCUT2D eigenvalue weighted by Crippen LogP contribution is 2.36. The van der Waals surface area contributed by atoms with Crippen molar-refractivity contribution >= 4 is 19.8 Å². The molecule has 324 valence electrons. The van der Waals surface area contributed by atoms with Crippen LogP contribution in [0.1, 0.15) is 206 Å². The molecule has 0 unspecified atom stereocenters. The third-order valence-corrected chi connectivity index (χ3v) is 10.0. The van der Waals surface area contributed by atoms with Crippen LogP contribution in [0.4, 0.5) is 0 Å². The summed E-state index contributed by atoms with van der Waals surface area (Å²) in [5.41, 5.74) is 0. The molecule has 9 heteroatoms. The molecule has 0 saturated heterocycles. The molecule has 1 atom stereocenters. The molecule has 0 aliphatic rings. The number of allylic oxidation sites excluding steroid dienone is 10. The van der Waals surface area contributed by atoms with Crippen LogP contribution < -0.4 is 0 Å². The maximum absolute atomic E-state index is 12.4. The van der Waals surface area contributed by atoms with Crippen molar-refractivity contribution in [2.24, 2.45) is 0 Å². The van der Waals surface area contributed by atoms with Crippen molar-refractivity contribution in [1.29, 1.82) is 0 Å². The van der Waals surface area contributed by atoms with Crippen LogP contribution in [0.3, 0.4) is 0 Å². The Balaban J connectivity index is 3.93. The molecular weight excluding hydrogens is 723 g/mol. The van der Waals surface area contributed by atoms with Gasteiger partial charge in [-0.05, 0) is 51.4 Å². The van der Waals surface area contributed by atoms with Crippen LogP contribution in [0.5, 0.6) is 0 Å². The molecule has 0 aromatic carbocycles. The zero-order valence-corrected chi connectivity index (χ0v) is 36.7. The lowest BCUT2D eigenvalue weighted by atomic mass is 10.0. The van der Waals surface area contributed by atoms with Gasteiger partial charge >= 0.3 is 19.8 Å². The molecule has 0 rings (SSSR count). The predicted molar refractivity (Wildman–Crippen MR) is 234 cm³/mol. The average Bonchev–Trinajstić information content (AvgIpc) is 3.17. The second-order valence-corrected chi connectivity index (χ2v) is 16.2. The number of phosphoric ester groups is 1. The van der Waals surface area contributed by atoms with E-state index in [2.05, 4.69) is 73.1 Å². The first kappa shape index (κ1) is 53.8. The standard InChI is InChI=1S/C47H83O8P/c1-3-5-7-9-11-13-15-17-19-21-22-23-24-26-28-30-32-34-36-38-40-42-47(49)55-45(44-54-56(50,51)52)43-53-46(48)41-39-37-35-33-31-29-27-25-20-18-16-14-12-10-8-6-4-2/h6,8,12,14,18,20,27,29,33,35,45H,3-5,7,9-11,13,15-17,19,21-26,28,30-32,34,36-44H2,1-2H3,(H2,50,51,52)/b8-6+,14-12+,20-18+,29-27+,35-33+/t45-/m1/s1. The summed E-state index contributed by atoms with van der Waals surface area (Å²) in [4.78, 5) is 42.9. The number of carbonyl (C=O) groups excluding carboxylic acids is 2. The minimum atomic E-state index is -4.77. The maximum atomic E-state index is 12.4. The Morgan fingerprint density at radius 2 is 0.857 bits per heavy atom. The zero-order valence-electron chi connectivity index (χ0n) is 35.8. The second kappa shape index (κ2) is 42.4. The van der Waals surface area contributed by atoms with Gasteiger partial charge in [-0.1, -0.05) is 203 Å². The second-order valence-electron chi connectivity index (χ2n) is 15.0. The summed E-state index contributed by atoms with van der Waals surface area (Å²) >= 11 is 0. The minimum Gasteiger partial charge on any atom is -0.462 e. The molecule has 0 aromatic heterocycles. The molecule has 0 saturated carbocycles. The van der Waals surface area contributed by atoms with Crippen molar-refractivity contribution in [2.45, 2.75) is 213 Å². The summed E-state index contributed by atoms with van der Waals surface area (Å²) in [5, 5.41) is 0. The van der Waals surface area contributed by atoms with Crippen LogP contribution in [0.2, 0.25) is 0 Å². The van der Waals surface area contributed by atoms with E-state index < -0.39 is 32.5 Å². The molecule has 0 spiro atoms. The quantitative estimate of drug-likeness (QED) is 0.0271. The molecule has 0 bridgehead atoms. The molecule has 0 aromatic rings. The highest BCUT2D eigenvalue weighted by molar-refractivity contribution is 7.46. The lowest BCUT2D eigenvalue weighted by Gasteiger charge is -2.18. The van der Waals surface area contributed by atoms with Crippen molar-refractivity contribution in [3.63, 3.8) is 0 Å². The van der Waals surface area contributed by atoms with E-state index in [0.29, 0.717) is 12.8 Å². The van der Waals surface area contributed by atoms with E-state index in [1.165, 1.54) is 109 Å². The number of ether oxygens (including phenoxy) is 2. The molecule has 0 aliphatic heterocycles. The van der Waals surface area contributed by atoms with E-state index >= 15 is 0 Å². The number of rotatable bonds is 41. The predicted octanol–water partition coefficient (Wildman–Crippen LogP) is 14.1. The first-order valence-electron chi connectivity index (χ1n) is 22.6. The van der Waals surface area contributed by atoms with Crippen molar-refractivity contribution in [2.75, 3.05) is 13.2 Å². The lowest BCUT2D eigenvalue weighted by molar-refractivity contribution is -0.161. The van der Waals surface area contributed by atoms with Gasteiger partial charge in [0.15, 0.2) is 6.10 Å². The largest absolute Gasteiger partial charge is 0.469 e. The van der Waals surface area contributed by atoms with Crippen molar-refractivity contribution in [3.05, 3.63) is 60.8 Å². The van der Waals surface area contributed by atoms with E-state index in [1.807, 2.05) is 6.08 Å². The summed E-state index contributed by atoms with van der Waals surface area (Å²) in [6, 6.07) is 0. The van der Waals surface area contributed by atoms with Gasteiger partial charge in [-0.15, -0.1) is 0 Å². The monoisotopic (exact) mass is 807 g/mol. The van der Waals surface area contributed by atoms with E-state index in [9.17, 15) is 14.2 Å². The molecular formula is C47H83O8P. The Bertz CT molecular complexity index is 1090. The summed E-state index contributed by atoms with van der Waals surface area (Å²) < 4.78 is 26.4. The fraction of sp³-hybridized carbons (Fsp3) is 0.745. The molecule has 2 N–H and O–H groups in total. The number of unbranched alkanes of at least 4 members (excludes halogenated alkanes) is 21. The van der Waals surface area contributed by atoms with Crippen LogP contribution in [0.25, 0.3) is 0 Å². The number of hydrogen-bond donors (Lipinski definition) is 2. The summed E-state index contributed by atoms with van der Waals surface area (Å²) in [6.07, 6.45) is 53.8. The summed E-state index contributed by atoms with van der Waals surface area (Å²) in [6.45, 7) is 3.54. The normalized spacial score (nSPS) is 13.0. The fourth-order valence-electron chi connectivity index (χ4n) is 6.23. The van der Waals surface area contributed by atoms with Crippen LogP contribution in [-0.4, -0.2) is 41.0 Å². The lowest BCUT2D eigenvalue weighted by Crippen LogP contribution is -2.29. The van der Waals surface area contributed by atoms with Crippen molar-refractivity contribution in [3.8, 4) is 0 Å². The van der Waals surface area contributed by atoms with Gasteiger partial charge in [0.2, 0.25) is 0 Å². The molecule has 0 radical (unpaired) electrons. The van der Waals surface area contributed by atoms with Crippen LogP contribution >= 0.6 is 7.82 Å². The van der Waals surface area contributed by atoms with Gasteiger partial charge in [-0.25, -0.2) is 4.57 Å². The first-order chi connectivity index (χ1) is 27.3. The third kappa shape index (κ3) is 44.5. The maximum Gasteiger partial charge on any atom is 0.469 e. The van der Waals surface area contributed by atoms with Crippen LogP contribution in [0.15, 0.2) is 60.8 Å². The smallest absolute Gasteiger partial charge is 0.462 e. The van der Waals surface area contributed by atoms with E-state index in [0.717, 1.165) is 57.8 Å². The van der Waals surface area contributed by atoms with Crippen LogP contribution in [0, 0.1) is 0 Å². The van der Waals surface area contributed by atoms with Gasteiger partial charge in [0.25, 0.3) is 0 Å². The molecule has 0 fully saturated rings. The SMILES string of the molecule is CC/C=C/C/C=C/C/C=C/C/C=C/C/C=C/CCCC(=O)OC[C@H](COP(=O)(O)O)OC(=O)CCCCCCCCCCCCCCCCCCCCCCC. The average molecular weight is 807 g/mol. The van der Waals surface area contributed by atoms with Gasteiger partial charge in [0.05, 0.1) is 6.61 Å². The summed E-state index contributed by atoms with van der Waals surface area (Å²) in [5.74, 6) is -0.949. The Hall–Kier alpha value is -2.25. The molecule has 56 heavy (non-hydrogen) atoms. The molecule has 0 amide bonds. The third-order valence-electron chi connectivity index (χ3n) is 9.55. The topological polar surface area (TPSA) is 119 Å². The Morgan fingerprint density at radius 1 is 0.482 bits per heavy atom.